The molecule has 0 saturated carbocycles. The third-order valence-corrected chi connectivity index (χ3v) is 4.78. The van der Waals surface area contributed by atoms with Crippen molar-refractivity contribution in [2.45, 2.75) is 13.2 Å². The summed E-state index contributed by atoms with van der Waals surface area (Å²) < 4.78 is 11.1. The van der Waals surface area contributed by atoms with Crippen LogP contribution in [-0.2, 0) is 9.47 Å². The Morgan fingerprint density at radius 3 is 2.54 bits per heavy atom. The van der Waals surface area contributed by atoms with Crippen LogP contribution in [0.5, 0.6) is 5.75 Å². The second kappa shape index (κ2) is 7.57. The fourth-order valence-corrected chi connectivity index (χ4v) is 3.38. The van der Waals surface area contributed by atoms with Crippen LogP contribution in [0.15, 0.2) is 30.3 Å². The van der Waals surface area contributed by atoms with Crippen LogP contribution in [0, 0.1) is 6.92 Å². The summed E-state index contributed by atoms with van der Waals surface area (Å²) in [5.41, 5.74) is 1.55. The summed E-state index contributed by atoms with van der Waals surface area (Å²) in [4.78, 5) is 13.8. The molecule has 0 unspecified atom stereocenters. The highest BCUT2D eigenvalue weighted by molar-refractivity contribution is 5.65. The van der Waals surface area contributed by atoms with E-state index in [0.717, 1.165) is 44.2 Å². The van der Waals surface area contributed by atoms with Crippen molar-refractivity contribution in [1.29, 1.82) is 0 Å². The Bertz CT molecular complexity index is 756. The number of hydrogen-bond donors (Lipinski definition) is 1. The third kappa shape index (κ3) is 3.80. The molecule has 4 rings (SSSR count). The number of aromatic nitrogens is 2. The molecule has 138 valence electrons. The summed E-state index contributed by atoms with van der Waals surface area (Å²) in [5.74, 6) is 1.67. The molecule has 0 amide bonds. The van der Waals surface area contributed by atoms with Gasteiger partial charge in [0.1, 0.15) is 11.6 Å². The van der Waals surface area contributed by atoms with E-state index in [1.54, 1.807) is 12.1 Å². The van der Waals surface area contributed by atoms with Crippen LogP contribution in [0.4, 0.5) is 5.82 Å². The summed E-state index contributed by atoms with van der Waals surface area (Å²) in [6.07, 6.45) is -0.0875. The fraction of sp³-hybridized carbons (Fsp3) is 0.474. The quantitative estimate of drug-likeness (QED) is 0.893. The summed E-state index contributed by atoms with van der Waals surface area (Å²) in [6.45, 7) is 7.84. The number of aryl methyl sites for hydroxylation is 1. The Balaban J connectivity index is 1.46. The zero-order valence-corrected chi connectivity index (χ0v) is 15.0. The zero-order valence-electron chi connectivity index (χ0n) is 15.0. The van der Waals surface area contributed by atoms with Crippen LogP contribution < -0.4 is 4.90 Å². The molecular weight excluding hydrogens is 332 g/mol. The largest absolute Gasteiger partial charge is 0.507 e. The van der Waals surface area contributed by atoms with E-state index >= 15 is 0 Å². The standard InChI is InChI=1S/C19H24N4O3/c1-14-12-17(21-19(20-14)15-4-2-3-5-16(15)24)23-8-6-22(7-9-23)13-18-25-10-11-26-18/h2-5,12,18,24H,6-11,13H2,1H3. The molecule has 0 radical (unpaired) electrons. The van der Waals surface area contributed by atoms with Crippen LogP contribution in [0.3, 0.4) is 0 Å². The molecule has 3 heterocycles. The molecule has 0 aliphatic carbocycles. The highest BCUT2D eigenvalue weighted by atomic mass is 16.7. The number of nitrogens with zero attached hydrogens (tertiary/aromatic N) is 4. The fourth-order valence-electron chi connectivity index (χ4n) is 3.38. The molecule has 26 heavy (non-hydrogen) atoms. The second-order valence-electron chi connectivity index (χ2n) is 6.67. The molecule has 0 atom stereocenters. The van der Waals surface area contributed by atoms with Crippen LogP contribution in [-0.4, -0.2) is 72.2 Å². The summed E-state index contributed by atoms with van der Waals surface area (Å²) in [6, 6.07) is 9.18. The minimum absolute atomic E-state index is 0.0875. The summed E-state index contributed by atoms with van der Waals surface area (Å²) in [5, 5.41) is 10.1. The van der Waals surface area contributed by atoms with Crippen molar-refractivity contribution in [3.63, 3.8) is 0 Å². The molecule has 0 spiro atoms. The molecule has 2 saturated heterocycles. The minimum atomic E-state index is -0.0875. The van der Waals surface area contributed by atoms with Gasteiger partial charge in [0.25, 0.3) is 0 Å². The van der Waals surface area contributed by atoms with Crippen LogP contribution in [0.2, 0.25) is 0 Å². The van der Waals surface area contributed by atoms with E-state index in [1.807, 2.05) is 25.1 Å². The third-order valence-electron chi connectivity index (χ3n) is 4.78. The number of phenols is 1. The first-order valence-corrected chi connectivity index (χ1v) is 9.03. The van der Waals surface area contributed by atoms with Crippen molar-refractivity contribution < 1.29 is 14.6 Å². The highest BCUT2D eigenvalue weighted by Crippen LogP contribution is 2.28. The molecule has 1 aromatic heterocycles. The van der Waals surface area contributed by atoms with Gasteiger partial charge >= 0.3 is 0 Å². The number of hydrogen-bond acceptors (Lipinski definition) is 7. The number of phenolic OH excluding ortho intramolecular Hbond substituents is 1. The highest BCUT2D eigenvalue weighted by Gasteiger charge is 2.24. The van der Waals surface area contributed by atoms with Crippen molar-refractivity contribution in [1.82, 2.24) is 14.9 Å². The first kappa shape index (κ1) is 17.2. The maximum atomic E-state index is 10.1. The van der Waals surface area contributed by atoms with Gasteiger partial charge in [-0.05, 0) is 19.1 Å². The lowest BCUT2D eigenvalue weighted by molar-refractivity contribution is -0.0624. The van der Waals surface area contributed by atoms with E-state index in [2.05, 4.69) is 14.8 Å². The smallest absolute Gasteiger partial charge is 0.170 e. The van der Waals surface area contributed by atoms with Crippen LogP contribution in [0.25, 0.3) is 11.4 Å². The van der Waals surface area contributed by atoms with Crippen molar-refractivity contribution in [3.8, 4) is 17.1 Å². The first-order chi connectivity index (χ1) is 12.7. The van der Waals surface area contributed by atoms with E-state index in [-0.39, 0.29) is 12.0 Å². The normalized spacial score (nSPS) is 19.2. The van der Waals surface area contributed by atoms with E-state index < -0.39 is 0 Å². The molecular formula is C19H24N4O3. The van der Waals surface area contributed by atoms with Crippen molar-refractivity contribution >= 4 is 5.82 Å². The van der Waals surface area contributed by atoms with Gasteiger partial charge < -0.3 is 19.5 Å². The minimum Gasteiger partial charge on any atom is -0.507 e. The van der Waals surface area contributed by atoms with E-state index in [9.17, 15) is 5.11 Å². The second-order valence-corrected chi connectivity index (χ2v) is 6.67. The van der Waals surface area contributed by atoms with Gasteiger partial charge in [0.05, 0.1) is 18.8 Å². The molecule has 7 heteroatoms. The SMILES string of the molecule is Cc1cc(N2CCN(CC3OCCO3)CC2)nc(-c2ccccc2O)n1. The maximum Gasteiger partial charge on any atom is 0.170 e. The topological polar surface area (TPSA) is 71.0 Å². The molecule has 0 bridgehead atoms. The monoisotopic (exact) mass is 356 g/mol. The Labute approximate surface area is 153 Å². The Hall–Kier alpha value is -2.22. The Morgan fingerprint density at radius 2 is 1.81 bits per heavy atom. The molecule has 2 aliphatic rings. The van der Waals surface area contributed by atoms with E-state index in [4.69, 9.17) is 14.5 Å². The van der Waals surface area contributed by atoms with Gasteiger partial charge in [-0.25, -0.2) is 9.97 Å². The van der Waals surface area contributed by atoms with Gasteiger partial charge in [0.15, 0.2) is 12.1 Å². The number of rotatable bonds is 4. The Kier molecular flexibility index (Phi) is 5.01. The van der Waals surface area contributed by atoms with Crippen LogP contribution in [0.1, 0.15) is 5.69 Å². The average molecular weight is 356 g/mol. The summed E-state index contributed by atoms with van der Waals surface area (Å²) >= 11 is 0. The van der Waals surface area contributed by atoms with Gasteiger partial charge in [-0.3, -0.25) is 4.90 Å². The van der Waals surface area contributed by atoms with Crippen molar-refractivity contribution in [3.05, 3.63) is 36.0 Å². The predicted molar refractivity (Wildman–Crippen MR) is 98.2 cm³/mol. The number of para-hydroxylation sites is 1. The van der Waals surface area contributed by atoms with Crippen LogP contribution >= 0.6 is 0 Å². The van der Waals surface area contributed by atoms with Crippen molar-refractivity contribution in [2.75, 3.05) is 50.8 Å². The molecule has 7 nitrogen and oxygen atoms in total. The lowest BCUT2D eigenvalue weighted by atomic mass is 10.2. The van der Waals surface area contributed by atoms with E-state index in [1.165, 1.54) is 0 Å². The maximum absolute atomic E-state index is 10.1. The van der Waals surface area contributed by atoms with Gasteiger partial charge in [0, 0.05) is 44.5 Å². The van der Waals surface area contributed by atoms with Gasteiger partial charge in [-0.15, -0.1) is 0 Å². The lowest BCUT2D eigenvalue weighted by Gasteiger charge is -2.36. The van der Waals surface area contributed by atoms with Gasteiger partial charge in [-0.2, -0.15) is 0 Å². The van der Waals surface area contributed by atoms with Gasteiger partial charge in [-0.1, -0.05) is 12.1 Å². The first-order valence-electron chi connectivity index (χ1n) is 9.03. The predicted octanol–water partition coefficient (Wildman–Crippen LogP) is 1.65. The molecule has 2 aliphatic heterocycles. The molecule has 2 aromatic rings. The Morgan fingerprint density at radius 1 is 1.08 bits per heavy atom. The lowest BCUT2D eigenvalue weighted by Crippen LogP contribution is -2.49. The molecule has 1 aromatic carbocycles. The number of piperazine rings is 1. The number of aromatic hydroxyl groups is 1. The summed E-state index contributed by atoms with van der Waals surface area (Å²) in [7, 11) is 0. The van der Waals surface area contributed by atoms with Crippen molar-refractivity contribution in [2.24, 2.45) is 0 Å². The number of ether oxygens (including phenoxy) is 2. The molecule has 1 N–H and O–H groups in total. The number of benzene rings is 1. The van der Waals surface area contributed by atoms with Gasteiger partial charge in [0.2, 0.25) is 0 Å². The van der Waals surface area contributed by atoms with E-state index in [0.29, 0.717) is 24.6 Å². The number of anilines is 1. The zero-order chi connectivity index (χ0) is 17.9. The average Bonchev–Trinajstić information content (AvgIpc) is 3.15. The molecule has 2 fully saturated rings.